The van der Waals surface area contributed by atoms with E-state index < -0.39 is 0 Å². The van der Waals surface area contributed by atoms with Crippen LogP contribution in [0.5, 0.6) is 0 Å². The van der Waals surface area contributed by atoms with E-state index in [4.69, 9.17) is 11.6 Å². The van der Waals surface area contributed by atoms with Crippen LogP contribution in [0.2, 0.25) is 5.02 Å². The zero-order valence-electron chi connectivity index (χ0n) is 16.4. The monoisotopic (exact) mass is 421 g/mol. The summed E-state index contributed by atoms with van der Waals surface area (Å²) < 4.78 is 2.16. The predicted molar refractivity (Wildman–Crippen MR) is 122 cm³/mol. The topological polar surface area (TPSA) is 46.4 Å². The Morgan fingerprint density at radius 2 is 1.79 bits per heavy atom. The van der Waals surface area contributed by atoms with Crippen LogP contribution in [-0.4, -0.2) is 15.6 Å². The number of carbonyl (C=O) groups is 1. The number of hydrogen-bond donors (Lipinski definition) is 1. The third-order valence-corrected chi connectivity index (χ3v) is 5.99. The first kappa shape index (κ1) is 19.6. The van der Waals surface area contributed by atoms with Crippen LogP contribution in [0.15, 0.2) is 64.5 Å². The third kappa shape index (κ3) is 4.02. The molecule has 0 bridgehead atoms. The van der Waals surface area contributed by atoms with Gasteiger partial charge < -0.3 is 9.88 Å². The van der Waals surface area contributed by atoms with E-state index in [9.17, 15) is 4.79 Å². The number of amidine groups is 1. The first-order chi connectivity index (χ1) is 13.9. The van der Waals surface area contributed by atoms with Crippen LogP contribution >= 0.6 is 23.4 Å². The Balaban J connectivity index is 1.65. The molecule has 1 saturated heterocycles. The molecule has 0 radical (unpaired) electrons. The van der Waals surface area contributed by atoms with Crippen LogP contribution in [0, 0.1) is 20.8 Å². The van der Waals surface area contributed by atoms with E-state index in [-0.39, 0.29) is 5.91 Å². The van der Waals surface area contributed by atoms with Gasteiger partial charge in [0.1, 0.15) is 0 Å². The number of amides is 1. The third-order valence-electron chi connectivity index (χ3n) is 4.83. The van der Waals surface area contributed by atoms with E-state index >= 15 is 0 Å². The van der Waals surface area contributed by atoms with Crippen molar-refractivity contribution >= 4 is 46.2 Å². The second kappa shape index (κ2) is 7.93. The van der Waals surface area contributed by atoms with Gasteiger partial charge in [-0.25, -0.2) is 4.99 Å². The fourth-order valence-corrected chi connectivity index (χ4v) is 4.29. The smallest absolute Gasteiger partial charge is 0.264 e. The van der Waals surface area contributed by atoms with Gasteiger partial charge in [0.15, 0.2) is 5.17 Å². The Labute approximate surface area is 179 Å². The summed E-state index contributed by atoms with van der Waals surface area (Å²) in [5.41, 5.74) is 6.13. The molecule has 1 aromatic heterocycles. The molecule has 1 fully saturated rings. The number of aromatic nitrogens is 1. The fourth-order valence-electron chi connectivity index (χ4n) is 3.34. The quantitative estimate of drug-likeness (QED) is 0.531. The van der Waals surface area contributed by atoms with E-state index in [1.54, 1.807) is 0 Å². The van der Waals surface area contributed by atoms with E-state index in [0.717, 1.165) is 33.9 Å². The molecular weight excluding hydrogens is 402 g/mol. The lowest BCUT2D eigenvalue weighted by Crippen LogP contribution is -2.19. The molecule has 2 aromatic carbocycles. The van der Waals surface area contributed by atoms with Crippen molar-refractivity contribution in [1.29, 1.82) is 0 Å². The molecule has 146 valence electrons. The lowest BCUT2D eigenvalue weighted by Gasteiger charge is -2.09. The number of hydrogen-bond acceptors (Lipinski definition) is 3. The molecule has 3 aromatic rings. The molecule has 0 unspecified atom stereocenters. The van der Waals surface area contributed by atoms with Crippen LogP contribution < -0.4 is 5.32 Å². The number of halogens is 1. The van der Waals surface area contributed by atoms with Gasteiger partial charge >= 0.3 is 0 Å². The summed E-state index contributed by atoms with van der Waals surface area (Å²) in [6, 6.07) is 17.7. The lowest BCUT2D eigenvalue weighted by molar-refractivity contribution is -0.115. The maximum absolute atomic E-state index is 12.5. The minimum absolute atomic E-state index is 0.126. The van der Waals surface area contributed by atoms with Gasteiger partial charge in [-0.3, -0.25) is 4.79 Å². The SMILES string of the molecule is Cc1ccccc1N=C1NC(=O)/C(=C/c2cc(C)n(-c3ccc(Cl)cc3)c2C)S1. The Bertz CT molecular complexity index is 1160. The Morgan fingerprint density at radius 1 is 1.07 bits per heavy atom. The van der Waals surface area contributed by atoms with Crippen molar-refractivity contribution in [2.45, 2.75) is 20.8 Å². The summed E-state index contributed by atoms with van der Waals surface area (Å²) in [6.07, 6.45) is 1.93. The fraction of sp³-hybridized carbons (Fsp3) is 0.130. The van der Waals surface area contributed by atoms with Gasteiger partial charge in [-0.2, -0.15) is 0 Å². The van der Waals surface area contributed by atoms with Crippen molar-refractivity contribution in [2.75, 3.05) is 0 Å². The maximum Gasteiger partial charge on any atom is 0.264 e. The first-order valence-electron chi connectivity index (χ1n) is 9.22. The highest BCUT2D eigenvalue weighted by atomic mass is 35.5. The van der Waals surface area contributed by atoms with E-state index in [1.807, 2.05) is 68.5 Å². The second-order valence-electron chi connectivity index (χ2n) is 6.91. The highest BCUT2D eigenvalue weighted by Crippen LogP contribution is 2.31. The van der Waals surface area contributed by atoms with Crippen molar-refractivity contribution in [2.24, 2.45) is 4.99 Å². The van der Waals surface area contributed by atoms with Crippen molar-refractivity contribution in [3.63, 3.8) is 0 Å². The standard InChI is InChI=1S/C23H20ClN3OS/c1-14-6-4-5-7-20(14)25-23-26-22(28)21(29-23)13-17-12-15(2)27(16(17)3)19-10-8-18(24)9-11-19/h4-13H,1-3H3,(H,25,26,28)/b21-13-. The molecular formula is C23H20ClN3OS. The molecule has 6 heteroatoms. The summed E-state index contributed by atoms with van der Waals surface area (Å²) in [4.78, 5) is 17.7. The highest BCUT2D eigenvalue weighted by Gasteiger charge is 2.24. The average molecular weight is 422 g/mol. The van der Waals surface area contributed by atoms with Gasteiger partial charge in [-0.05, 0) is 86.1 Å². The van der Waals surface area contributed by atoms with Gasteiger partial charge in [0, 0.05) is 22.1 Å². The molecule has 0 aliphatic carbocycles. The minimum atomic E-state index is -0.126. The molecule has 0 atom stereocenters. The van der Waals surface area contributed by atoms with E-state index in [2.05, 4.69) is 27.9 Å². The lowest BCUT2D eigenvalue weighted by atomic mass is 10.2. The van der Waals surface area contributed by atoms with Crippen LogP contribution in [0.4, 0.5) is 5.69 Å². The molecule has 1 amide bonds. The Kier molecular flexibility index (Phi) is 5.35. The Morgan fingerprint density at radius 3 is 2.52 bits per heavy atom. The highest BCUT2D eigenvalue weighted by molar-refractivity contribution is 8.18. The molecule has 29 heavy (non-hydrogen) atoms. The van der Waals surface area contributed by atoms with Gasteiger partial charge in [0.05, 0.1) is 10.6 Å². The summed E-state index contributed by atoms with van der Waals surface area (Å²) in [7, 11) is 0. The van der Waals surface area contributed by atoms with Gasteiger partial charge in [-0.15, -0.1) is 0 Å². The summed E-state index contributed by atoms with van der Waals surface area (Å²) in [5.74, 6) is -0.126. The molecule has 0 saturated carbocycles. The average Bonchev–Trinajstić information content (AvgIpc) is 3.17. The number of carbonyl (C=O) groups excluding carboxylic acids is 1. The zero-order chi connectivity index (χ0) is 20.5. The number of rotatable bonds is 3. The number of thioether (sulfide) groups is 1. The molecule has 0 spiro atoms. The molecule has 4 nitrogen and oxygen atoms in total. The number of aryl methyl sites for hydroxylation is 2. The number of nitrogens with zero attached hydrogens (tertiary/aromatic N) is 2. The zero-order valence-corrected chi connectivity index (χ0v) is 17.9. The number of aliphatic imine (C=N–C) groups is 1. The number of para-hydroxylation sites is 1. The van der Waals surface area contributed by atoms with Gasteiger partial charge in [0.2, 0.25) is 0 Å². The molecule has 1 aliphatic heterocycles. The molecule has 1 aliphatic rings. The predicted octanol–water partition coefficient (Wildman–Crippen LogP) is 5.95. The largest absolute Gasteiger partial charge is 0.318 e. The summed E-state index contributed by atoms with van der Waals surface area (Å²) >= 11 is 7.38. The van der Waals surface area contributed by atoms with Crippen molar-refractivity contribution in [3.8, 4) is 5.69 Å². The molecule has 4 rings (SSSR count). The van der Waals surface area contributed by atoms with Crippen LogP contribution in [0.25, 0.3) is 11.8 Å². The molecule has 1 N–H and O–H groups in total. The van der Waals surface area contributed by atoms with E-state index in [0.29, 0.717) is 15.1 Å². The summed E-state index contributed by atoms with van der Waals surface area (Å²) in [6.45, 7) is 6.10. The van der Waals surface area contributed by atoms with Crippen molar-refractivity contribution < 1.29 is 4.79 Å². The van der Waals surface area contributed by atoms with Crippen LogP contribution in [0.1, 0.15) is 22.5 Å². The molecule has 2 heterocycles. The number of benzene rings is 2. The van der Waals surface area contributed by atoms with Crippen molar-refractivity contribution in [1.82, 2.24) is 9.88 Å². The van der Waals surface area contributed by atoms with E-state index in [1.165, 1.54) is 11.8 Å². The number of nitrogens with one attached hydrogen (secondary N) is 1. The normalized spacial score (nSPS) is 16.6. The minimum Gasteiger partial charge on any atom is -0.318 e. The van der Waals surface area contributed by atoms with Crippen LogP contribution in [-0.2, 0) is 4.79 Å². The summed E-state index contributed by atoms with van der Waals surface area (Å²) in [5, 5.41) is 4.17. The van der Waals surface area contributed by atoms with Gasteiger partial charge in [0.25, 0.3) is 5.91 Å². The second-order valence-corrected chi connectivity index (χ2v) is 8.37. The van der Waals surface area contributed by atoms with Gasteiger partial charge in [-0.1, -0.05) is 29.8 Å². The van der Waals surface area contributed by atoms with Crippen LogP contribution in [0.3, 0.4) is 0 Å². The Hall–Kier alpha value is -2.76. The maximum atomic E-state index is 12.5. The van der Waals surface area contributed by atoms with Crippen molar-refractivity contribution in [3.05, 3.63) is 87.0 Å². The first-order valence-corrected chi connectivity index (χ1v) is 10.4.